The fraction of sp³-hybridized carbons (Fsp3) is 0. The molecular formula is C9H6BrNOSe. The van der Waals surface area contributed by atoms with E-state index in [2.05, 4.69) is 15.9 Å². The normalized spacial score (nSPS) is 10.5. The van der Waals surface area contributed by atoms with E-state index in [1.807, 2.05) is 24.3 Å². The standard InChI is InChI=1S/C9H6BrNOSe/c10-7-5-3-1-2-4-6(5)13-8(7)9(11)12/h1-4H,(H2,11,12). The molecular weight excluding hydrogens is 297 g/mol. The Hall–Kier alpha value is -0.571. The van der Waals surface area contributed by atoms with Gasteiger partial charge in [0, 0.05) is 0 Å². The van der Waals surface area contributed by atoms with Crippen molar-refractivity contribution in [1.29, 1.82) is 0 Å². The van der Waals surface area contributed by atoms with Crippen LogP contribution < -0.4 is 5.73 Å². The van der Waals surface area contributed by atoms with Crippen molar-refractivity contribution in [2.24, 2.45) is 5.73 Å². The molecule has 0 aliphatic rings. The number of primary amides is 1. The van der Waals surface area contributed by atoms with Gasteiger partial charge in [0.2, 0.25) is 0 Å². The van der Waals surface area contributed by atoms with E-state index in [1.165, 1.54) is 4.26 Å². The second-order valence-electron chi connectivity index (χ2n) is 2.61. The molecule has 0 aliphatic heterocycles. The van der Waals surface area contributed by atoms with Gasteiger partial charge in [-0.2, -0.15) is 0 Å². The Morgan fingerprint density at radius 1 is 1.38 bits per heavy atom. The predicted molar refractivity (Wildman–Crippen MR) is 57.1 cm³/mol. The van der Waals surface area contributed by atoms with Crippen LogP contribution >= 0.6 is 15.9 Å². The van der Waals surface area contributed by atoms with Crippen LogP contribution in [0, 0.1) is 0 Å². The summed E-state index contributed by atoms with van der Waals surface area (Å²) in [5.74, 6) is -0.317. The average Bonchev–Trinajstić information content (AvgIpc) is 2.45. The quantitative estimate of drug-likeness (QED) is 0.802. The minimum atomic E-state index is -0.317. The first-order valence-corrected chi connectivity index (χ1v) is 6.17. The van der Waals surface area contributed by atoms with E-state index in [4.69, 9.17) is 5.73 Å². The van der Waals surface area contributed by atoms with Crippen molar-refractivity contribution in [3.05, 3.63) is 33.2 Å². The number of hydrogen-bond acceptors (Lipinski definition) is 1. The van der Waals surface area contributed by atoms with Gasteiger partial charge < -0.3 is 0 Å². The van der Waals surface area contributed by atoms with E-state index in [1.54, 1.807) is 0 Å². The fourth-order valence-corrected chi connectivity index (χ4v) is 4.42. The number of rotatable bonds is 1. The zero-order valence-electron chi connectivity index (χ0n) is 6.58. The molecule has 0 radical (unpaired) electrons. The van der Waals surface area contributed by atoms with Crippen molar-refractivity contribution in [2.75, 3.05) is 0 Å². The second-order valence-corrected chi connectivity index (χ2v) is 5.61. The van der Waals surface area contributed by atoms with Crippen LogP contribution in [0.5, 0.6) is 0 Å². The number of hydrogen-bond donors (Lipinski definition) is 1. The van der Waals surface area contributed by atoms with Gasteiger partial charge >= 0.3 is 89.7 Å². The van der Waals surface area contributed by atoms with E-state index < -0.39 is 0 Å². The first-order valence-electron chi connectivity index (χ1n) is 3.67. The van der Waals surface area contributed by atoms with Crippen LogP contribution in [0.3, 0.4) is 0 Å². The molecule has 13 heavy (non-hydrogen) atoms. The molecule has 0 atom stereocenters. The molecule has 1 aromatic heterocycles. The van der Waals surface area contributed by atoms with Crippen molar-refractivity contribution < 1.29 is 4.79 Å². The van der Waals surface area contributed by atoms with E-state index in [0.717, 1.165) is 14.3 Å². The fourth-order valence-electron chi connectivity index (χ4n) is 1.17. The molecule has 1 aromatic carbocycles. The summed E-state index contributed by atoms with van der Waals surface area (Å²) >= 11 is 3.47. The van der Waals surface area contributed by atoms with E-state index in [0.29, 0.717) is 0 Å². The van der Waals surface area contributed by atoms with Crippen LogP contribution in [0.1, 0.15) is 9.23 Å². The van der Waals surface area contributed by atoms with Gasteiger partial charge in [-0.25, -0.2) is 0 Å². The maximum absolute atomic E-state index is 11.0. The van der Waals surface area contributed by atoms with E-state index in [9.17, 15) is 4.79 Å². The minimum absolute atomic E-state index is 0.0707. The molecule has 4 heteroatoms. The number of fused-ring (bicyclic) bond motifs is 1. The van der Waals surface area contributed by atoms with Gasteiger partial charge in [-0.15, -0.1) is 0 Å². The summed E-state index contributed by atoms with van der Waals surface area (Å²) in [5, 5.41) is 1.11. The Morgan fingerprint density at radius 3 is 2.69 bits per heavy atom. The molecule has 2 rings (SSSR count). The average molecular weight is 303 g/mol. The third-order valence-electron chi connectivity index (χ3n) is 1.76. The molecule has 2 nitrogen and oxygen atoms in total. The molecule has 2 N–H and O–H groups in total. The third kappa shape index (κ3) is 1.45. The van der Waals surface area contributed by atoms with Gasteiger partial charge in [-0.3, -0.25) is 0 Å². The number of amides is 1. The summed E-state index contributed by atoms with van der Waals surface area (Å²) in [6.45, 7) is 0. The first kappa shape index (κ1) is 9.00. The van der Waals surface area contributed by atoms with Gasteiger partial charge in [0.15, 0.2) is 0 Å². The van der Waals surface area contributed by atoms with Crippen molar-refractivity contribution in [3.63, 3.8) is 0 Å². The Kier molecular flexibility index (Phi) is 2.28. The Morgan fingerprint density at radius 2 is 2.08 bits per heavy atom. The molecule has 0 aliphatic carbocycles. The summed E-state index contributed by atoms with van der Waals surface area (Å²) in [6.07, 6.45) is 0. The second kappa shape index (κ2) is 3.29. The maximum atomic E-state index is 11.0. The zero-order valence-corrected chi connectivity index (χ0v) is 9.88. The number of nitrogens with two attached hydrogens (primary N) is 1. The molecule has 1 amide bonds. The Labute approximate surface area is 89.6 Å². The molecule has 0 saturated carbocycles. The topological polar surface area (TPSA) is 43.1 Å². The summed E-state index contributed by atoms with van der Waals surface area (Å²) in [6, 6.07) is 7.97. The van der Waals surface area contributed by atoms with Crippen molar-refractivity contribution in [3.8, 4) is 0 Å². The molecule has 2 aromatic rings. The van der Waals surface area contributed by atoms with E-state index in [-0.39, 0.29) is 20.4 Å². The van der Waals surface area contributed by atoms with Gasteiger partial charge in [0.05, 0.1) is 0 Å². The summed E-state index contributed by atoms with van der Waals surface area (Å²) in [4.78, 5) is 11.0. The van der Waals surface area contributed by atoms with Crippen LogP contribution in [0.25, 0.3) is 9.65 Å². The van der Waals surface area contributed by atoms with Gasteiger partial charge in [0.1, 0.15) is 0 Å². The van der Waals surface area contributed by atoms with Gasteiger partial charge in [0.25, 0.3) is 0 Å². The number of carbonyl (C=O) groups is 1. The van der Waals surface area contributed by atoms with Gasteiger partial charge in [-0.1, -0.05) is 0 Å². The van der Waals surface area contributed by atoms with Crippen molar-refractivity contribution in [1.82, 2.24) is 0 Å². The first-order chi connectivity index (χ1) is 6.20. The molecule has 0 saturated heterocycles. The van der Waals surface area contributed by atoms with Crippen LogP contribution in [0.15, 0.2) is 28.7 Å². The molecule has 1 heterocycles. The predicted octanol–water partition coefficient (Wildman–Crippen LogP) is 1.76. The number of carbonyl (C=O) groups excluding carboxylic acids is 1. The van der Waals surface area contributed by atoms with Gasteiger partial charge in [-0.05, 0) is 0 Å². The van der Waals surface area contributed by atoms with E-state index >= 15 is 0 Å². The Bertz CT molecular complexity index is 477. The third-order valence-corrected chi connectivity index (χ3v) is 5.66. The van der Waals surface area contributed by atoms with Crippen LogP contribution in [-0.4, -0.2) is 20.4 Å². The van der Waals surface area contributed by atoms with Crippen LogP contribution in [0.4, 0.5) is 0 Å². The summed E-state index contributed by atoms with van der Waals surface area (Å²) in [5.41, 5.74) is 5.26. The number of benzene rings is 1. The SMILES string of the molecule is NC(=O)c1[se]c2ccccc2c1Br. The summed E-state index contributed by atoms with van der Waals surface area (Å²) in [7, 11) is 0. The van der Waals surface area contributed by atoms with Crippen LogP contribution in [0.2, 0.25) is 0 Å². The molecule has 0 spiro atoms. The zero-order chi connectivity index (χ0) is 9.42. The molecule has 0 fully saturated rings. The van der Waals surface area contributed by atoms with Crippen molar-refractivity contribution >= 4 is 46.0 Å². The molecule has 66 valence electrons. The monoisotopic (exact) mass is 303 g/mol. The molecule has 0 bridgehead atoms. The Balaban J connectivity index is 2.81. The van der Waals surface area contributed by atoms with Crippen molar-refractivity contribution in [2.45, 2.75) is 0 Å². The van der Waals surface area contributed by atoms with Crippen LogP contribution in [-0.2, 0) is 0 Å². The molecule has 0 unspecified atom stereocenters. The summed E-state index contributed by atoms with van der Waals surface area (Å²) < 4.78 is 2.82. The number of halogens is 1.